The van der Waals surface area contributed by atoms with Crippen LogP contribution < -0.4 is 0 Å². The Morgan fingerprint density at radius 1 is 1.20 bits per heavy atom. The molecule has 0 heterocycles. The number of carboxylic acids is 1. The summed E-state index contributed by atoms with van der Waals surface area (Å²) >= 11 is 0. The summed E-state index contributed by atoms with van der Waals surface area (Å²) in [5.41, 5.74) is 0. The van der Waals surface area contributed by atoms with Crippen LogP contribution in [0.3, 0.4) is 0 Å². The Hall–Kier alpha value is -1.10. The van der Waals surface area contributed by atoms with E-state index < -0.39 is 17.8 Å². The first kappa shape index (κ1) is 17.0. The summed E-state index contributed by atoms with van der Waals surface area (Å²) in [5, 5.41) is 18.5. The van der Waals surface area contributed by atoms with Gasteiger partial charge in [-0.1, -0.05) is 20.8 Å². The van der Waals surface area contributed by atoms with Crippen molar-refractivity contribution in [2.45, 2.75) is 52.5 Å². The second kappa shape index (κ2) is 7.62. The standard InChI is InChI=1S/C15H27NO4/c1-4-11(5-2)16(6-7-17)14(18)12-8-10(3)9-13(12)15(19)20/h10-13,17H,4-9H2,1-3H3,(H,19,20)/t10?,12-,13+/m0/s1. The molecule has 3 atom stereocenters. The minimum atomic E-state index is -0.874. The van der Waals surface area contributed by atoms with Crippen LogP contribution in [0.4, 0.5) is 0 Å². The lowest BCUT2D eigenvalue weighted by Crippen LogP contribution is -2.46. The van der Waals surface area contributed by atoms with E-state index in [2.05, 4.69) is 0 Å². The van der Waals surface area contributed by atoms with E-state index in [1.165, 1.54) is 0 Å². The molecule has 1 saturated carbocycles. The average Bonchev–Trinajstić information content (AvgIpc) is 2.80. The fourth-order valence-electron chi connectivity index (χ4n) is 3.36. The zero-order valence-electron chi connectivity index (χ0n) is 12.7. The molecule has 0 bridgehead atoms. The van der Waals surface area contributed by atoms with Gasteiger partial charge in [-0.3, -0.25) is 9.59 Å². The molecule has 5 heteroatoms. The number of carbonyl (C=O) groups is 2. The van der Waals surface area contributed by atoms with Gasteiger partial charge in [0.2, 0.25) is 5.91 Å². The fourth-order valence-corrected chi connectivity index (χ4v) is 3.36. The van der Waals surface area contributed by atoms with E-state index >= 15 is 0 Å². The molecule has 0 saturated heterocycles. The minimum Gasteiger partial charge on any atom is -0.481 e. The largest absolute Gasteiger partial charge is 0.481 e. The number of amides is 1. The Kier molecular flexibility index (Phi) is 6.46. The summed E-state index contributed by atoms with van der Waals surface area (Å²) in [6.07, 6.45) is 2.85. The Morgan fingerprint density at radius 2 is 1.75 bits per heavy atom. The van der Waals surface area contributed by atoms with Crippen molar-refractivity contribution in [3.05, 3.63) is 0 Å². The third-order valence-electron chi connectivity index (χ3n) is 4.44. The molecule has 1 unspecified atom stereocenters. The molecule has 20 heavy (non-hydrogen) atoms. The van der Waals surface area contributed by atoms with Crippen LogP contribution in [0.1, 0.15) is 46.5 Å². The highest BCUT2D eigenvalue weighted by Crippen LogP contribution is 2.38. The normalized spacial score (nSPS) is 25.9. The van der Waals surface area contributed by atoms with Crippen LogP contribution in [0.15, 0.2) is 0 Å². The molecule has 1 aliphatic rings. The molecule has 1 rings (SSSR count). The lowest BCUT2D eigenvalue weighted by Gasteiger charge is -2.33. The zero-order chi connectivity index (χ0) is 15.3. The molecule has 2 N–H and O–H groups in total. The average molecular weight is 285 g/mol. The number of carbonyl (C=O) groups excluding carboxylic acids is 1. The molecule has 0 aromatic heterocycles. The van der Waals surface area contributed by atoms with E-state index in [0.29, 0.717) is 19.4 Å². The minimum absolute atomic E-state index is 0.0811. The van der Waals surface area contributed by atoms with Gasteiger partial charge in [0.1, 0.15) is 0 Å². The maximum atomic E-state index is 12.7. The summed E-state index contributed by atoms with van der Waals surface area (Å²) in [5.74, 6) is -1.71. The number of aliphatic hydroxyl groups excluding tert-OH is 1. The van der Waals surface area contributed by atoms with E-state index in [0.717, 1.165) is 12.8 Å². The van der Waals surface area contributed by atoms with Crippen molar-refractivity contribution in [1.29, 1.82) is 0 Å². The molecular formula is C15H27NO4. The van der Waals surface area contributed by atoms with Crippen LogP contribution in [0.2, 0.25) is 0 Å². The summed E-state index contributed by atoms with van der Waals surface area (Å²) < 4.78 is 0. The predicted molar refractivity (Wildman–Crippen MR) is 76.2 cm³/mol. The van der Waals surface area contributed by atoms with Crippen LogP contribution in [0, 0.1) is 17.8 Å². The monoisotopic (exact) mass is 285 g/mol. The molecular weight excluding hydrogens is 258 g/mol. The van der Waals surface area contributed by atoms with Crippen molar-refractivity contribution in [3.8, 4) is 0 Å². The molecule has 0 aromatic rings. The number of aliphatic hydroxyl groups is 1. The van der Waals surface area contributed by atoms with Crippen molar-refractivity contribution >= 4 is 11.9 Å². The van der Waals surface area contributed by atoms with Crippen molar-refractivity contribution in [2.75, 3.05) is 13.2 Å². The van der Waals surface area contributed by atoms with E-state index in [9.17, 15) is 19.8 Å². The maximum Gasteiger partial charge on any atom is 0.307 e. The first-order valence-corrected chi connectivity index (χ1v) is 7.60. The lowest BCUT2D eigenvalue weighted by atomic mass is 9.93. The zero-order valence-corrected chi connectivity index (χ0v) is 12.7. The van der Waals surface area contributed by atoms with Crippen molar-refractivity contribution in [2.24, 2.45) is 17.8 Å². The van der Waals surface area contributed by atoms with Gasteiger partial charge in [-0.05, 0) is 31.6 Å². The third-order valence-corrected chi connectivity index (χ3v) is 4.44. The number of rotatable bonds is 7. The Labute approximate surface area is 121 Å². The van der Waals surface area contributed by atoms with Gasteiger partial charge in [-0.2, -0.15) is 0 Å². The predicted octanol–water partition coefficient (Wildman–Crippen LogP) is 1.74. The molecule has 0 radical (unpaired) electrons. The van der Waals surface area contributed by atoms with Crippen molar-refractivity contribution in [1.82, 2.24) is 4.90 Å². The highest BCUT2D eigenvalue weighted by Gasteiger charge is 2.43. The molecule has 0 aromatic carbocycles. The summed E-state index contributed by atoms with van der Waals surface area (Å²) in [6, 6.07) is 0.0833. The molecule has 5 nitrogen and oxygen atoms in total. The molecule has 0 spiro atoms. The molecule has 0 aliphatic heterocycles. The number of aliphatic carboxylic acids is 1. The highest BCUT2D eigenvalue weighted by atomic mass is 16.4. The number of nitrogens with zero attached hydrogens (tertiary/aromatic N) is 1. The molecule has 1 aliphatic carbocycles. The number of hydrogen-bond donors (Lipinski definition) is 2. The van der Waals surface area contributed by atoms with Crippen LogP contribution in [-0.4, -0.2) is 46.2 Å². The van der Waals surface area contributed by atoms with Gasteiger partial charge in [0.15, 0.2) is 0 Å². The van der Waals surface area contributed by atoms with Crippen LogP contribution >= 0.6 is 0 Å². The number of hydrogen-bond acceptors (Lipinski definition) is 3. The van der Waals surface area contributed by atoms with Gasteiger partial charge in [-0.15, -0.1) is 0 Å². The first-order valence-electron chi connectivity index (χ1n) is 7.60. The Morgan fingerprint density at radius 3 is 2.20 bits per heavy atom. The highest BCUT2D eigenvalue weighted by molar-refractivity contribution is 5.85. The van der Waals surface area contributed by atoms with Gasteiger partial charge < -0.3 is 15.1 Å². The van der Waals surface area contributed by atoms with Crippen LogP contribution in [-0.2, 0) is 9.59 Å². The summed E-state index contributed by atoms with van der Waals surface area (Å²) in [4.78, 5) is 25.7. The third kappa shape index (κ3) is 3.72. The summed E-state index contributed by atoms with van der Waals surface area (Å²) in [6.45, 7) is 6.23. The SMILES string of the molecule is CCC(CC)N(CCO)C(=O)[C@H]1CC(C)C[C@H]1C(=O)O. The topological polar surface area (TPSA) is 77.8 Å². The second-order valence-electron chi connectivity index (χ2n) is 5.85. The van der Waals surface area contributed by atoms with Gasteiger partial charge in [0.05, 0.1) is 18.4 Å². The van der Waals surface area contributed by atoms with Gasteiger partial charge in [0.25, 0.3) is 0 Å². The van der Waals surface area contributed by atoms with E-state index in [4.69, 9.17) is 0 Å². The smallest absolute Gasteiger partial charge is 0.307 e. The Balaban J connectivity index is 2.90. The molecule has 1 amide bonds. The van der Waals surface area contributed by atoms with Crippen LogP contribution in [0.25, 0.3) is 0 Å². The maximum absolute atomic E-state index is 12.7. The van der Waals surface area contributed by atoms with E-state index in [-0.39, 0.29) is 24.5 Å². The lowest BCUT2D eigenvalue weighted by molar-refractivity contribution is -0.150. The van der Waals surface area contributed by atoms with E-state index in [1.54, 1.807) is 4.90 Å². The summed E-state index contributed by atoms with van der Waals surface area (Å²) in [7, 11) is 0. The molecule has 1 fully saturated rings. The Bertz CT molecular complexity index is 341. The van der Waals surface area contributed by atoms with Gasteiger partial charge in [0, 0.05) is 12.6 Å². The number of carboxylic acid groups (broad SMARTS) is 1. The first-order chi connectivity index (χ1) is 9.46. The second-order valence-corrected chi connectivity index (χ2v) is 5.85. The molecule has 116 valence electrons. The van der Waals surface area contributed by atoms with E-state index in [1.807, 2.05) is 20.8 Å². The van der Waals surface area contributed by atoms with Gasteiger partial charge >= 0.3 is 5.97 Å². The van der Waals surface area contributed by atoms with Crippen molar-refractivity contribution < 1.29 is 19.8 Å². The quantitative estimate of drug-likeness (QED) is 0.747. The van der Waals surface area contributed by atoms with Gasteiger partial charge in [-0.25, -0.2) is 0 Å². The van der Waals surface area contributed by atoms with Crippen molar-refractivity contribution in [3.63, 3.8) is 0 Å². The van der Waals surface area contributed by atoms with Crippen LogP contribution in [0.5, 0.6) is 0 Å². The fraction of sp³-hybridized carbons (Fsp3) is 0.867.